The Morgan fingerprint density at radius 1 is 1.19 bits per heavy atom. The fourth-order valence-corrected chi connectivity index (χ4v) is 3.12. The van der Waals surface area contributed by atoms with Crippen LogP contribution in [0.2, 0.25) is 0 Å². The quantitative estimate of drug-likeness (QED) is 0.808. The molecule has 0 amide bonds. The fraction of sp³-hybridized carbons (Fsp3) is 0.438. The lowest BCUT2D eigenvalue weighted by atomic mass is 9.88. The molecule has 0 N–H and O–H groups in total. The van der Waals surface area contributed by atoms with Crippen LogP contribution in [-0.2, 0) is 0 Å². The highest BCUT2D eigenvalue weighted by Gasteiger charge is 2.26. The van der Waals surface area contributed by atoms with Crippen molar-refractivity contribution in [3.8, 4) is 0 Å². The Labute approximate surface area is 121 Å². The molecule has 110 valence electrons. The van der Waals surface area contributed by atoms with Gasteiger partial charge in [0, 0.05) is 5.92 Å². The minimum absolute atomic E-state index is 0.160. The molecule has 0 atom stereocenters. The molecule has 1 aromatic heterocycles. The van der Waals surface area contributed by atoms with Crippen LogP contribution in [0.4, 0.5) is 0 Å². The number of nitrogens with zero attached hydrogens (tertiary/aromatic N) is 1. The molecule has 0 radical (unpaired) electrons. The molecule has 5 nitrogen and oxygen atoms in total. The maximum Gasteiger partial charge on any atom is 0.429 e. The highest BCUT2D eigenvalue weighted by atomic mass is 16.4. The van der Waals surface area contributed by atoms with Gasteiger partial charge in [-0.05, 0) is 31.4 Å². The van der Waals surface area contributed by atoms with Gasteiger partial charge >= 0.3 is 11.4 Å². The first-order valence-corrected chi connectivity index (χ1v) is 7.29. The first kappa shape index (κ1) is 13.8. The van der Waals surface area contributed by atoms with E-state index < -0.39 is 11.4 Å². The largest absolute Gasteiger partial charge is 0.429 e. The molecule has 1 aromatic carbocycles. The molecule has 0 bridgehead atoms. The lowest BCUT2D eigenvalue weighted by Crippen LogP contribution is -2.35. The lowest BCUT2D eigenvalue weighted by molar-refractivity contribution is 0.0791. The Morgan fingerprint density at radius 2 is 1.90 bits per heavy atom. The van der Waals surface area contributed by atoms with Crippen molar-refractivity contribution in [2.45, 2.75) is 39.0 Å². The topological polar surface area (TPSA) is 69.3 Å². The highest BCUT2D eigenvalue weighted by molar-refractivity contribution is 5.93. The summed E-state index contributed by atoms with van der Waals surface area (Å²) in [5, 5.41) is 0.277. The van der Waals surface area contributed by atoms with Crippen LogP contribution < -0.4 is 11.4 Å². The maximum atomic E-state index is 12.7. The summed E-state index contributed by atoms with van der Waals surface area (Å²) < 4.78 is 5.78. The summed E-state index contributed by atoms with van der Waals surface area (Å²) in [5.41, 5.74) is 0.419. The van der Waals surface area contributed by atoms with E-state index in [0.717, 1.165) is 42.2 Å². The molecule has 1 aliphatic rings. The van der Waals surface area contributed by atoms with Gasteiger partial charge in [0.1, 0.15) is 0 Å². The first-order valence-electron chi connectivity index (χ1n) is 7.29. The molecule has 0 spiro atoms. The average Bonchev–Trinajstić information content (AvgIpc) is 2.49. The molecule has 21 heavy (non-hydrogen) atoms. The zero-order valence-corrected chi connectivity index (χ0v) is 11.9. The van der Waals surface area contributed by atoms with E-state index in [1.807, 2.05) is 0 Å². The number of benzene rings is 1. The number of hydrogen-bond donors (Lipinski definition) is 0. The summed E-state index contributed by atoms with van der Waals surface area (Å²) >= 11 is 0. The Bertz CT molecular complexity index is 809. The third-order valence-corrected chi connectivity index (χ3v) is 4.22. The van der Waals surface area contributed by atoms with Crippen molar-refractivity contribution in [3.05, 3.63) is 44.7 Å². The van der Waals surface area contributed by atoms with Crippen LogP contribution >= 0.6 is 0 Å². The van der Waals surface area contributed by atoms with Gasteiger partial charge in [0.15, 0.2) is 0 Å². The van der Waals surface area contributed by atoms with Crippen LogP contribution in [0, 0.1) is 12.8 Å². The number of rotatable bonds is 1. The minimum atomic E-state index is -0.877. The van der Waals surface area contributed by atoms with E-state index in [-0.39, 0.29) is 17.2 Å². The van der Waals surface area contributed by atoms with Crippen LogP contribution in [0.15, 0.2) is 32.2 Å². The third-order valence-electron chi connectivity index (χ3n) is 4.22. The van der Waals surface area contributed by atoms with Gasteiger partial charge in [0.25, 0.3) is 0 Å². The zero-order valence-electron chi connectivity index (χ0n) is 11.9. The monoisotopic (exact) mass is 287 g/mol. The summed E-state index contributed by atoms with van der Waals surface area (Å²) in [4.78, 5) is 36.6. The van der Waals surface area contributed by atoms with Crippen molar-refractivity contribution in [3.63, 3.8) is 0 Å². The summed E-state index contributed by atoms with van der Waals surface area (Å²) in [6, 6.07) is 5.08. The van der Waals surface area contributed by atoms with Gasteiger partial charge in [-0.25, -0.2) is 14.2 Å². The van der Waals surface area contributed by atoms with Crippen LogP contribution in [0.25, 0.3) is 10.9 Å². The first-order chi connectivity index (χ1) is 10.1. The molecule has 1 saturated carbocycles. The Hall–Kier alpha value is -2.17. The van der Waals surface area contributed by atoms with Crippen molar-refractivity contribution in [2.24, 2.45) is 5.92 Å². The van der Waals surface area contributed by atoms with Crippen LogP contribution in [0.3, 0.4) is 0 Å². The number of hydrogen-bond acceptors (Lipinski definition) is 4. The molecule has 2 aromatic rings. The molecule has 0 aliphatic heterocycles. The van der Waals surface area contributed by atoms with Crippen molar-refractivity contribution >= 4 is 16.8 Å². The summed E-state index contributed by atoms with van der Waals surface area (Å²) in [6.07, 6.45) is 4.70. The van der Waals surface area contributed by atoms with E-state index >= 15 is 0 Å². The molecule has 0 saturated heterocycles. The SMILES string of the molecule is Cc1cccc2c(=O)oc(=O)n(C(=O)C3CCCCC3)c12. The van der Waals surface area contributed by atoms with Crippen molar-refractivity contribution in [2.75, 3.05) is 0 Å². The van der Waals surface area contributed by atoms with Gasteiger partial charge in [-0.1, -0.05) is 31.4 Å². The van der Waals surface area contributed by atoms with Crippen LogP contribution in [0.1, 0.15) is 42.5 Å². The normalized spacial score (nSPS) is 16.2. The summed E-state index contributed by atoms with van der Waals surface area (Å²) in [5.74, 6) is -1.29. The third kappa shape index (κ3) is 2.33. The number of aromatic nitrogens is 1. The Kier molecular flexibility index (Phi) is 3.49. The van der Waals surface area contributed by atoms with Crippen molar-refractivity contribution < 1.29 is 9.21 Å². The van der Waals surface area contributed by atoms with Gasteiger partial charge in [0.2, 0.25) is 5.91 Å². The van der Waals surface area contributed by atoms with E-state index in [4.69, 9.17) is 4.42 Å². The molecular formula is C16H17NO4. The van der Waals surface area contributed by atoms with E-state index in [0.29, 0.717) is 5.52 Å². The Morgan fingerprint density at radius 3 is 2.62 bits per heavy atom. The highest BCUT2D eigenvalue weighted by Crippen LogP contribution is 2.26. The summed E-state index contributed by atoms with van der Waals surface area (Å²) in [6.45, 7) is 1.78. The molecule has 1 aliphatic carbocycles. The molecule has 5 heteroatoms. The van der Waals surface area contributed by atoms with E-state index in [1.165, 1.54) is 0 Å². The second-order valence-corrected chi connectivity index (χ2v) is 5.64. The van der Waals surface area contributed by atoms with Crippen LogP contribution in [0.5, 0.6) is 0 Å². The maximum absolute atomic E-state index is 12.7. The number of carbonyl (C=O) groups is 1. The van der Waals surface area contributed by atoms with Crippen molar-refractivity contribution in [1.82, 2.24) is 4.57 Å². The summed E-state index contributed by atoms with van der Waals surface area (Å²) in [7, 11) is 0. The number of carbonyl (C=O) groups excluding carboxylic acids is 1. The van der Waals surface area contributed by atoms with Gasteiger partial charge in [0.05, 0.1) is 10.9 Å². The molecule has 1 heterocycles. The van der Waals surface area contributed by atoms with Gasteiger partial charge in [-0.3, -0.25) is 4.79 Å². The predicted molar refractivity (Wildman–Crippen MR) is 78.7 cm³/mol. The van der Waals surface area contributed by atoms with Crippen molar-refractivity contribution in [1.29, 1.82) is 0 Å². The molecule has 1 fully saturated rings. The van der Waals surface area contributed by atoms with E-state index in [1.54, 1.807) is 25.1 Å². The average molecular weight is 287 g/mol. The van der Waals surface area contributed by atoms with Gasteiger partial charge in [-0.15, -0.1) is 0 Å². The second-order valence-electron chi connectivity index (χ2n) is 5.64. The standard InChI is InChI=1S/C16H17NO4/c1-10-6-5-9-12-13(10)17(16(20)21-15(12)19)14(18)11-7-3-2-4-8-11/h5-6,9,11H,2-4,7-8H2,1H3. The van der Waals surface area contributed by atoms with E-state index in [9.17, 15) is 14.4 Å². The minimum Gasteiger partial charge on any atom is -0.372 e. The van der Waals surface area contributed by atoms with Crippen LogP contribution in [-0.4, -0.2) is 10.5 Å². The Balaban J connectivity index is 2.24. The molecule has 0 unspecified atom stereocenters. The second kappa shape index (κ2) is 5.31. The fourth-order valence-electron chi connectivity index (χ4n) is 3.12. The molecular weight excluding hydrogens is 270 g/mol. The number of fused-ring (bicyclic) bond motifs is 1. The number of aryl methyl sites for hydroxylation is 1. The predicted octanol–water partition coefficient (Wildman–Crippen LogP) is 2.48. The number of para-hydroxylation sites is 1. The zero-order chi connectivity index (χ0) is 15.0. The smallest absolute Gasteiger partial charge is 0.372 e. The van der Waals surface area contributed by atoms with E-state index in [2.05, 4.69) is 0 Å². The van der Waals surface area contributed by atoms with Gasteiger partial charge < -0.3 is 4.42 Å². The molecule has 3 rings (SSSR count). The van der Waals surface area contributed by atoms with Gasteiger partial charge in [-0.2, -0.15) is 0 Å². The lowest BCUT2D eigenvalue weighted by Gasteiger charge is -2.21.